The molecular formula is C13H17N3O. The summed E-state index contributed by atoms with van der Waals surface area (Å²) in [4.78, 5) is 0. The first-order valence-corrected chi connectivity index (χ1v) is 5.73. The fourth-order valence-corrected chi connectivity index (χ4v) is 1.54. The van der Waals surface area contributed by atoms with Crippen molar-refractivity contribution in [3.05, 3.63) is 42.2 Å². The van der Waals surface area contributed by atoms with Crippen molar-refractivity contribution >= 4 is 5.69 Å². The largest absolute Gasteiger partial charge is 0.489 e. The predicted molar refractivity (Wildman–Crippen MR) is 68.2 cm³/mol. The second kappa shape index (κ2) is 5.39. The van der Waals surface area contributed by atoms with Crippen LogP contribution >= 0.6 is 0 Å². The molecule has 0 radical (unpaired) electrons. The zero-order chi connectivity index (χ0) is 12.1. The molecule has 1 aromatic heterocycles. The van der Waals surface area contributed by atoms with E-state index in [4.69, 9.17) is 4.74 Å². The smallest absolute Gasteiger partial charge is 0.119 e. The summed E-state index contributed by atoms with van der Waals surface area (Å²) in [6, 6.07) is 7.89. The van der Waals surface area contributed by atoms with Crippen LogP contribution in [0.5, 0.6) is 5.75 Å². The second-order valence-electron chi connectivity index (χ2n) is 3.77. The van der Waals surface area contributed by atoms with E-state index in [0.717, 1.165) is 23.5 Å². The Morgan fingerprint density at radius 3 is 2.65 bits per heavy atom. The Hall–Kier alpha value is -1.97. The molecule has 0 aliphatic heterocycles. The first kappa shape index (κ1) is 11.5. The molecule has 4 heteroatoms. The Morgan fingerprint density at radius 2 is 2.06 bits per heavy atom. The maximum Gasteiger partial charge on any atom is 0.119 e. The Balaban J connectivity index is 1.92. The van der Waals surface area contributed by atoms with Crippen molar-refractivity contribution in [3.8, 4) is 5.75 Å². The van der Waals surface area contributed by atoms with Gasteiger partial charge in [0.25, 0.3) is 0 Å². The summed E-state index contributed by atoms with van der Waals surface area (Å²) >= 11 is 0. The number of hydrogen-bond donors (Lipinski definition) is 1. The third-order valence-corrected chi connectivity index (χ3v) is 2.56. The molecule has 0 fully saturated rings. The van der Waals surface area contributed by atoms with E-state index < -0.39 is 0 Å². The molecule has 1 heterocycles. The zero-order valence-electron chi connectivity index (χ0n) is 10.2. The maximum atomic E-state index is 5.67. The lowest BCUT2D eigenvalue weighted by Gasteiger charge is -2.05. The minimum absolute atomic E-state index is 0.554. The van der Waals surface area contributed by atoms with Crippen LogP contribution < -0.4 is 10.1 Å². The highest BCUT2D eigenvalue weighted by molar-refractivity contribution is 5.45. The van der Waals surface area contributed by atoms with Gasteiger partial charge in [0.05, 0.1) is 6.20 Å². The van der Waals surface area contributed by atoms with Crippen LogP contribution in [0.15, 0.2) is 36.7 Å². The van der Waals surface area contributed by atoms with Gasteiger partial charge in [-0.15, -0.1) is 0 Å². The third kappa shape index (κ3) is 3.00. The van der Waals surface area contributed by atoms with Crippen LogP contribution in [0, 0.1) is 0 Å². The SMILES string of the molecule is CCn1cc(COc2ccc(NC)cc2)cn1. The molecule has 0 aliphatic carbocycles. The van der Waals surface area contributed by atoms with Gasteiger partial charge in [-0.3, -0.25) is 4.68 Å². The van der Waals surface area contributed by atoms with Crippen molar-refractivity contribution in [2.75, 3.05) is 12.4 Å². The van der Waals surface area contributed by atoms with Crippen molar-refractivity contribution in [3.63, 3.8) is 0 Å². The summed E-state index contributed by atoms with van der Waals surface area (Å²) in [5, 5.41) is 7.27. The van der Waals surface area contributed by atoms with Crippen molar-refractivity contribution < 1.29 is 4.74 Å². The number of ether oxygens (including phenoxy) is 1. The standard InChI is InChI=1S/C13H17N3O/c1-3-16-9-11(8-15-16)10-17-13-6-4-12(14-2)5-7-13/h4-9,14H,3,10H2,1-2H3. The number of nitrogens with zero attached hydrogens (tertiary/aromatic N) is 2. The van der Waals surface area contributed by atoms with E-state index in [2.05, 4.69) is 17.3 Å². The first-order chi connectivity index (χ1) is 8.31. The van der Waals surface area contributed by atoms with E-state index in [-0.39, 0.29) is 0 Å². The summed E-state index contributed by atoms with van der Waals surface area (Å²) in [6.45, 7) is 3.50. The molecule has 1 N–H and O–H groups in total. The average Bonchev–Trinajstić information content (AvgIpc) is 2.85. The summed E-state index contributed by atoms with van der Waals surface area (Å²) in [5.41, 5.74) is 2.17. The molecule has 0 atom stereocenters. The van der Waals surface area contributed by atoms with E-state index in [1.165, 1.54) is 0 Å². The van der Waals surface area contributed by atoms with Crippen LogP contribution in [0.4, 0.5) is 5.69 Å². The minimum atomic E-state index is 0.554. The van der Waals surface area contributed by atoms with E-state index in [1.807, 2.05) is 48.4 Å². The summed E-state index contributed by atoms with van der Waals surface area (Å²) in [6.07, 6.45) is 3.84. The van der Waals surface area contributed by atoms with Crippen LogP contribution in [0.25, 0.3) is 0 Å². The first-order valence-electron chi connectivity index (χ1n) is 5.73. The molecule has 4 nitrogen and oxygen atoms in total. The van der Waals surface area contributed by atoms with Gasteiger partial charge >= 0.3 is 0 Å². The number of rotatable bonds is 5. The Bertz CT molecular complexity index is 462. The van der Waals surface area contributed by atoms with Crippen LogP contribution in [-0.2, 0) is 13.2 Å². The number of aromatic nitrogens is 2. The molecule has 0 saturated heterocycles. The van der Waals surface area contributed by atoms with Gasteiger partial charge in [0, 0.05) is 31.0 Å². The van der Waals surface area contributed by atoms with Gasteiger partial charge in [0.1, 0.15) is 12.4 Å². The Kier molecular flexibility index (Phi) is 3.65. The highest BCUT2D eigenvalue weighted by atomic mass is 16.5. The Morgan fingerprint density at radius 1 is 1.29 bits per heavy atom. The van der Waals surface area contributed by atoms with Crippen LogP contribution in [0.2, 0.25) is 0 Å². The molecule has 2 rings (SSSR count). The minimum Gasteiger partial charge on any atom is -0.489 e. The Labute approximate surface area is 101 Å². The van der Waals surface area contributed by atoms with Crippen LogP contribution in [0.1, 0.15) is 12.5 Å². The number of nitrogens with one attached hydrogen (secondary N) is 1. The highest BCUT2D eigenvalue weighted by Crippen LogP contribution is 2.16. The maximum absolute atomic E-state index is 5.67. The molecule has 2 aromatic rings. The second-order valence-corrected chi connectivity index (χ2v) is 3.77. The normalized spacial score (nSPS) is 10.2. The van der Waals surface area contributed by atoms with Gasteiger partial charge in [-0.05, 0) is 31.2 Å². The predicted octanol–water partition coefficient (Wildman–Crippen LogP) is 2.52. The summed E-state index contributed by atoms with van der Waals surface area (Å²) in [7, 11) is 1.90. The van der Waals surface area contributed by atoms with Gasteiger partial charge in [-0.1, -0.05) is 0 Å². The molecule has 0 amide bonds. The fourth-order valence-electron chi connectivity index (χ4n) is 1.54. The van der Waals surface area contributed by atoms with Crippen molar-refractivity contribution in [2.45, 2.75) is 20.1 Å². The fraction of sp³-hybridized carbons (Fsp3) is 0.308. The summed E-state index contributed by atoms with van der Waals surface area (Å²) in [5.74, 6) is 0.869. The van der Waals surface area contributed by atoms with Crippen molar-refractivity contribution in [1.29, 1.82) is 0 Å². The van der Waals surface area contributed by atoms with Crippen LogP contribution in [-0.4, -0.2) is 16.8 Å². The van der Waals surface area contributed by atoms with E-state index >= 15 is 0 Å². The number of anilines is 1. The summed E-state index contributed by atoms with van der Waals surface area (Å²) < 4.78 is 7.56. The number of benzene rings is 1. The lowest BCUT2D eigenvalue weighted by Crippen LogP contribution is -1.95. The molecule has 90 valence electrons. The molecule has 1 aromatic carbocycles. The van der Waals surface area contributed by atoms with E-state index in [1.54, 1.807) is 0 Å². The molecule has 0 bridgehead atoms. The zero-order valence-corrected chi connectivity index (χ0v) is 10.2. The highest BCUT2D eigenvalue weighted by Gasteiger charge is 1.99. The quantitative estimate of drug-likeness (QED) is 0.859. The van der Waals surface area contributed by atoms with Gasteiger partial charge in [-0.25, -0.2) is 0 Å². The molecule has 0 spiro atoms. The molecule has 0 aliphatic rings. The molecule has 0 unspecified atom stereocenters. The monoisotopic (exact) mass is 231 g/mol. The number of aryl methyl sites for hydroxylation is 1. The molecular weight excluding hydrogens is 214 g/mol. The molecule has 0 saturated carbocycles. The van der Waals surface area contributed by atoms with Gasteiger partial charge in [-0.2, -0.15) is 5.10 Å². The molecule has 17 heavy (non-hydrogen) atoms. The lowest BCUT2D eigenvalue weighted by molar-refractivity contribution is 0.306. The van der Waals surface area contributed by atoms with Gasteiger partial charge in [0.2, 0.25) is 0 Å². The third-order valence-electron chi connectivity index (χ3n) is 2.56. The van der Waals surface area contributed by atoms with Gasteiger partial charge < -0.3 is 10.1 Å². The van der Waals surface area contributed by atoms with Crippen molar-refractivity contribution in [1.82, 2.24) is 9.78 Å². The van der Waals surface area contributed by atoms with Crippen LogP contribution in [0.3, 0.4) is 0 Å². The number of hydrogen-bond acceptors (Lipinski definition) is 3. The van der Waals surface area contributed by atoms with Gasteiger partial charge in [0.15, 0.2) is 0 Å². The lowest BCUT2D eigenvalue weighted by atomic mass is 10.3. The van der Waals surface area contributed by atoms with Crippen molar-refractivity contribution in [2.24, 2.45) is 0 Å². The average molecular weight is 231 g/mol. The van der Waals surface area contributed by atoms with E-state index in [0.29, 0.717) is 6.61 Å². The van der Waals surface area contributed by atoms with E-state index in [9.17, 15) is 0 Å². The topological polar surface area (TPSA) is 39.1 Å².